The molecule has 0 bridgehead atoms. The van der Waals surface area contributed by atoms with Crippen molar-refractivity contribution in [3.63, 3.8) is 0 Å². The maximum atomic E-state index is 12.4. The maximum Gasteiger partial charge on any atom is 0.328 e. The molecule has 0 unspecified atom stereocenters. The van der Waals surface area contributed by atoms with Crippen LogP contribution in [0.15, 0.2) is 30.5 Å². The van der Waals surface area contributed by atoms with Gasteiger partial charge in [-0.25, -0.2) is 14.2 Å². The Hall–Kier alpha value is -2.24. The third kappa shape index (κ3) is 3.99. The van der Waals surface area contributed by atoms with E-state index in [1.807, 2.05) is 0 Å². The molecule has 0 saturated heterocycles. The molecule has 0 aromatic carbocycles. The van der Waals surface area contributed by atoms with E-state index in [0.717, 1.165) is 18.3 Å². The number of carbonyl (C=O) groups is 2. The van der Waals surface area contributed by atoms with E-state index in [0.29, 0.717) is 6.08 Å². The van der Waals surface area contributed by atoms with E-state index < -0.39 is 17.7 Å². The number of anilines is 1. The summed E-state index contributed by atoms with van der Waals surface area (Å²) in [6, 6.07) is 2.39. The van der Waals surface area contributed by atoms with Crippen LogP contribution in [-0.2, 0) is 9.59 Å². The standard InChI is InChI=1S/C9H7FN2O3/c10-6-1-2-7(11-5-6)12-8(13)3-4-9(14)15/h1-5H,(H,14,15)(H,11,12,13)/b4-3+. The minimum Gasteiger partial charge on any atom is -0.478 e. The van der Waals surface area contributed by atoms with Gasteiger partial charge in [0.2, 0.25) is 5.91 Å². The predicted molar refractivity (Wildman–Crippen MR) is 49.6 cm³/mol. The number of pyridine rings is 1. The highest BCUT2D eigenvalue weighted by Gasteiger charge is 1.99. The van der Waals surface area contributed by atoms with E-state index in [1.165, 1.54) is 6.07 Å². The lowest BCUT2D eigenvalue weighted by atomic mass is 10.4. The molecule has 0 aliphatic rings. The van der Waals surface area contributed by atoms with Gasteiger partial charge in [-0.15, -0.1) is 0 Å². The van der Waals surface area contributed by atoms with Crippen LogP contribution in [0.25, 0.3) is 0 Å². The zero-order chi connectivity index (χ0) is 11.3. The summed E-state index contributed by atoms with van der Waals surface area (Å²) in [5.41, 5.74) is 0. The molecule has 0 atom stereocenters. The summed E-state index contributed by atoms with van der Waals surface area (Å²) in [5, 5.41) is 10.5. The normalized spacial score (nSPS) is 10.2. The summed E-state index contributed by atoms with van der Waals surface area (Å²) in [6.45, 7) is 0. The first-order valence-corrected chi connectivity index (χ1v) is 3.91. The molecule has 0 aliphatic heterocycles. The first-order valence-electron chi connectivity index (χ1n) is 3.91. The van der Waals surface area contributed by atoms with Crippen molar-refractivity contribution < 1.29 is 19.1 Å². The molecule has 2 N–H and O–H groups in total. The Balaban J connectivity index is 2.59. The second kappa shape index (κ2) is 4.85. The number of carboxylic acids is 1. The van der Waals surface area contributed by atoms with Gasteiger partial charge >= 0.3 is 5.97 Å². The molecule has 78 valence electrons. The fourth-order valence-electron chi connectivity index (χ4n) is 0.765. The van der Waals surface area contributed by atoms with Crippen molar-refractivity contribution in [2.45, 2.75) is 0 Å². The molecular weight excluding hydrogens is 203 g/mol. The monoisotopic (exact) mass is 210 g/mol. The number of amides is 1. The second-order valence-corrected chi connectivity index (χ2v) is 2.52. The van der Waals surface area contributed by atoms with Gasteiger partial charge in [0.05, 0.1) is 6.20 Å². The van der Waals surface area contributed by atoms with Crippen molar-refractivity contribution in [3.8, 4) is 0 Å². The largest absolute Gasteiger partial charge is 0.478 e. The molecule has 1 rings (SSSR count). The minimum absolute atomic E-state index is 0.149. The summed E-state index contributed by atoms with van der Waals surface area (Å²) in [5.74, 6) is -2.24. The molecule has 6 heteroatoms. The van der Waals surface area contributed by atoms with Crippen LogP contribution in [0.1, 0.15) is 0 Å². The Morgan fingerprint density at radius 3 is 2.67 bits per heavy atom. The molecule has 15 heavy (non-hydrogen) atoms. The zero-order valence-electron chi connectivity index (χ0n) is 7.48. The number of halogens is 1. The zero-order valence-corrected chi connectivity index (χ0v) is 7.48. The molecule has 0 fully saturated rings. The van der Waals surface area contributed by atoms with Crippen molar-refractivity contribution in [2.75, 3.05) is 5.32 Å². The Morgan fingerprint density at radius 2 is 2.13 bits per heavy atom. The summed E-state index contributed by atoms with van der Waals surface area (Å²) >= 11 is 0. The molecule has 0 saturated carbocycles. The Kier molecular flexibility index (Phi) is 3.50. The highest BCUT2D eigenvalue weighted by atomic mass is 19.1. The van der Waals surface area contributed by atoms with Gasteiger partial charge in [-0.3, -0.25) is 4.79 Å². The lowest BCUT2D eigenvalue weighted by molar-refractivity contribution is -0.131. The quantitative estimate of drug-likeness (QED) is 0.723. The van der Waals surface area contributed by atoms with E-state index >= 15 is 0 Å². The summed E-state index contributed by atoms with van der Waals surface area (Å²) in [6.07, 6.45) is 2.47. The maximum absolute atomic E-state index is 12.4. The van der Waals surface area contributed by atoms with Crippen LogP contribution in [0.2, 0.25) is 0 Å². The fraction of sp³-hybridized carbons (Fsp3) is 0. The molecular formula is C9H7FN2O3. The number of aromatic nitrogens is 1. The van der Waals surface area contributed by atoms with E-state index in [2.05, 4.69) is 10.3 Å². The van der Waals surface area contributed by atoms with Crippen molar-refractivity contribution in [3.05, 3.63) is 36.3 Å². The van der Waals surface area contributed by atoms with Gasteiger partial charge < -0.3 is 10.4 Å². The van der Waals surface area contributed by atoms with E-state index in [9.17, 15) is 14.0 Å². The topological polar surface area (TPSA) is 79.3 Å². The van der Waals surface area contributed by atoms with Crippen molar-refractivity contribution in [1.29, 1.82) is 0 Å². The predicted octanol–water partition coefficient (Wildman–Crippen LogP) is 0.800. The van der Waals surface area contributed by atoms with Crippen LogP contribution in [0.4, 0.5) is 10.2 Å². The van der Waals surface area contributed by atoms with Crippen LogP contribution in [0, 0.1) is 5.82 Å². The van der Waals surface area contributed by atoms with Crippen LogP contribution in [0.5, 0.6) is 0 Å². The van der Waals surface area contributed by atoms with Crippen molar-refractivity contribution >= 4 is 17.7 Å². The van der Waals surface area contributed by atoms with Crippen LogP contribution >= 0.6 is 0 Å². The number of carboxylic acid groups (broad SMARTS) is 1. The number of nitrogens with zero attached hydrogens (tertiary/aromatic N) is 1. The molecule has 0 spiro atoms. The van der Waals surface area contributed by atoms with Gasteiger partial charge in [0, 0.05) is 12.2 Å². The van der Waals surface area contributed by atoms with E-state index in [1.54, 1.807) is 0 Å². The Bertz CT molecular complexity index is 400. The molecule has 1 heterocycles. The van der Waals surface area contributed by atoms with Gasteiger partial charge in [0.1, 0.15) is 11.6 Å². The highest BCUT2D eigenvalue weighted by molar-refractivity contribution is 6.01. The van der Waals surface area contributed by atoms with Crippen molar-refractivity contribution in [1.82, 2.24) is 4.98 Å². The smallest absolute Gasteiger partial charge is 0.328 e. The average molecular weight is 210 g/mol. The Labute approximate surface area is 84.3 Å². The number of hydrogen-bond donors (Lipinski definition) is 2. The third-order valence-electron chi connectivity index (χ3n) is 1.36. The van der Waals surface area contributed by atoms with Gasteiger partial charge in [-0.05, 0) is 12.1 Å². The van der Waals surface area contributed by atoms with Crippen LogP contribution in [-0.4, -0.2) is 22.0 Å². The molecule has 1 aromatic rings. The number of hydrogen-bond acceptors (Lipinski definition) is 3. The lowest BCUT2D eigenvalue weighted by Crippen LogP contribution is -2.09. The second-order valence-electron chi connectivity index (χ2n) is 2.52. The molecule has 0 radical (unpaired) electrons. The minimum atomic E-state index is -1.22. The molecule has 1 amide bonds. The summed E-state index contributed by atoms with van der Waals surface area (Å²) < 4.78 is 12.4. The van der Waals surface area contributed by atoms with Gasteiger partial charge in [-0.1, -0.05) is 0 Å². The molecule has 0 aliphatic carbocycles. The number of aliphatic carboxylic acids is 1. The van der Waals surface area contributed by atoms with Crippen LogP contribution in [0.3, 0.4) is 0 Å². The summed E-state index contributed by atoms with van der Waals surface area (Å²) in [7, 11) is 0. The number of rotatable bonds is 3. The number of carbonyl (C=O) groups excluding carboxylic acids is 1. The lowest BCUT2D eigenvalue weighted by Gasteiger charge is -1.99. The third-order valence-corrected chi connectivity index (χ3v) is 1.36. The molecule has 1 aromatic heterocycles. The van der Waals surface area contributed by atoms with Gasteiger partial charge in [0.15, 0.2) is 0 Å². The van der Waals surface area contributed by atoms with Crippen LogP contribution < -0.4 is 5.32 Å². The molecule has 5 nitrogen and oxygen atoms in total. The first-order chi connectivity index (χ1) is 7.08. The number of nitrogens with one attached hydrogen (secondary N) is 1. The van der Waals surface area contributed by atoms with Crippen molar-refractivity contribution in [2.24, 2.45) is 0 Å². The SMILES string of the molecule is O=C(O)/C=C/C(=O)Nc1ccc(F)cn1. The van der Waals surface area contributed by atoms with E-state index in [-0.39, 0.29) is 5.82 Å². The van der Waals surface area contributed by atoms with E-state index in [4.69, 9.17) is 5.11 Å². The average Bonchev–Trinajstić information content (AvgIpc) is 2.19. The fourth-order valence-corrected chi connectivity index (χ4v) is 0.765. The first kappa shape index (κ1) is 10.8. The summed E-state index contributed by atoms with van der Waals surface area (Å²) in [4.78, 5) is 24.6. The van der Waals surface area contributed by atoms with Gasteiger partial charge in [-0.2, -0.15) is 0 Å². The Morgan fingerprint density at radius 1 is 1.40 bits per heavy atom. The van der Waals surface area contributed by atoms with Gasteiger partial charge in [0.25, 0.3) is 0 Å². The highest BCUT2D eigenvalue weighted by Crippen LogP contribution is 2.02.